The molecule has 2 aliphatic heterocycles. The van der Waals surface area contributed by atoms with Crippen molar-refractivity contribution in [2.75, 3.05) is 19.8 Å². The molecular formula is C13H15FN2O2. The second-order valence-corrected chi connectivity index (χ2v) is 4.65. The van der Waals surface area contributed by atoms with Crippen molar-refractivity contribution in [3.63, 3.8) is 0 Å². The van der Waals surface area contributed by atoms with Crippen LogP contribution in [0.4, 0.5) is 4.39 Å². The molecule has 0 aliphatic carbocycles. The summed E-state index contributed by atoms with van der Waals surface area (Å²) in [6.45, 7) is 1.62. The van der Waals surface area contributed by atoms with E-state index in [0.29, 0.717) is 19.8 Å². The van der Waals surface area contributed by atoms with Gasteiger partial charge in [0.05, 0.1) is 19.2 Å². The Morgan fingerprint density at radius 3 is 2.78 bits per heavy atom. The molecule has 0 radical (unpaired) electrons. The molecule has 2 saturated heterocycles. The van der Waals surface area contributed by atoms with Gasteiger partial charge in [-0.2, -0.15) is 0 Å². The first-order valence-corrected chi connectivity index (χ1v) is 6.13. The Morgan fingerprint density at radius 2 is 2.11 bits per heavy atom. The summed E-state index contributed by atoms with van der Waals surface area (Å²) < 4.78 is 18.3. The van der Waals surface area contributed by atoms with Crippen LogP contribution in [0.15, 0.2) is 24.3 Å². The van der Waals surface area contributed by atoms with Gasteiger partial charge in [0, 0.05) is 6.61 Å². The number of rotatable bonds is 2. The lowest BCUT2D eigenvalue weighted by molar-refractivity contribution is -0.130. The fraction of sp³-hybridized carbons (Fsp3) is 0.462. The van der Waals surface area contributed by atoms with Crippen LogP contribution in [0.1, 0.15) is 18.2 Å². The molecule has 1 N–H and O–H groups in total. The fourth-order valence-corrected chi connectivity index (χ4v) is 2.60. The smallest absolute Gasteiger partial charge is 0.238 e. The SMILES string of the molecule is O=C1CNC(c2ccc(F)cc2)N1C1CCOC1. The minimum absolute atomic E-state index is 0.0832. The summed E-state index contributed by atoms with van der Waals surface area (Å²) in [5.74, 6) is -0.182. The first-order chi connectivity index (χ1) is 8.75. The highest BCUT2D eigenvalue weighted by Crippen LogP contribution is 2.28. The number of carbonyl (C=O) groups is 1. The number of halogens is 1. The van der Waals surface area contributed by atoms with Gasteiger partial charge in [-0.15, -0.1) is 0 Å². The Morgan fingerprint density at radius 1 is 1.33 bits per heavy atom. The van der Waals surface area contributed by atoms with E-state index in [1.807, 2.05) is 4.90 Å². The number of nitrogens with zero attached hydrogens (tertiary/aromatic N) is 1. The lowest BCUT2D eigenvalue weighted by atomic mass is 10.1. The average molecular weight is 250 g/mol. The Bertz CT molecular complexity index is 443. The Kier molecular flexibility index (Phi) is 3.01. The van der Waals surface area contributed by atoms with Gasteiger partial charge in [0.15, 0.2) is 0 Å². The van der Waals surface area contributed by atoms with Gasteiger partial charge in [-0.1, -0.05) is 12.1 Å². The molecule has 4 nitrogen and oxygen atoms in total. The van der Waals surface area contributed by atoms with Gasteiger partial charge in [-0.25, -0.2) is 4.39 Å². The molecule has 1 amide bonds. The highest BCUT2D eigenvalue weighted by molar-refractivity contribution is 5.81. The number of hydrogen-bond acceptors (Lipinski definition) is 3. The summed E-state index contributed by atoms with van der Waals surface area (Å²) in [5, 5.41) is 3.17. The van der Waals surface area contributed by atoms with Gasteiger partial charge in [0.1, 0.15) is 12.0 Å². The second kappa shape index (κ2) is 4.66. The molecule has 0 saturated carbocycles. The van der Waals surface area contributed by atoms with E-state index in [-0.39, 0.29) is 23.9 Å². The summed E-state index contributed by atoms with van der Waals surface area (Å²) in [6.07, 6.45) is 0.704. The van der Waals surface area contributed by atoms with E-state index in [9.17, 15) is 9.18 Å². The molecule has 0 bridgehead atoms. The Labute approximate surface area is 105 Å². The first-order valence-electron chi connectivity index (χ1n) is 6.13. The molecule has 2 aliphatic rings. The number of hydrogen-bond donors (Lipinski definition) is 1. The monoisotopic (exact) mass is 250 g/mol. The topological polar surface area (TPSA) is 41.6 Å². The molecular weight excluding hydrogens is 235 g/mol. The molecule has 1 aromatic rings. The summed E-state index contributed by atoms with van der Waals surface area (Å²) in [5.41, 5.74) is 0.911. The minimum atomic E-state index is -0.265. The molecule has 2 unspecified atom stereocenters. The molecule has 1 aromatic carbocycles. The van der Waals surface area contributed by atoms with Crippen LogP contribution in [0.25, 0.3) is 0 Å². The number of benzene rings is 1. The van der Waals surface area contributed by atoms with E-state index in [4.69, 9.17) is 4.74 Å². The van der Waals surface area contributed by atoms with Crippen LogP contribution < -0.4 is 5.32 Å². The predicted molar refractivity (Wildman–Crippen MR) is 63.2 cm³/mol. The zero-order valence-corrected chi connectivity index (χ0v) is 9.93. The molecule has 2 fully saturated rings. The quantitative estimate of drug-likeness (QED) is 0.853. The third-order valence-corrected chi connectivity index (χ3v) is 3.50. The largest absolute Gasteiger partial charge is 0.379 e. The van der Waals surface area contributed by atoms with Gasteiger partial charge in [-0.05, 0) is 24.1 Å². The van der Waals surface area contributed by atoms with Crippen LogP contribution in [0.2, 0.25) is 0 Å². The number of carbonyl (C=O) groups excluding carboxylic acids is 1. The van der Waals surface area contributed by atoms with Gasteiger partial charge >= 0.3 is 0 Å². The molecule has 2 atom stereocenters. The zero-order chi connectivity index (χ0) is 12.5. The van der Waals surface area contributed by atoms with Crippen LogP contribution in [0, 0.1) is 5.82 Å². The molecule has 3 rings (SSSR count). The van der Waals surface area contributed by atoms with Gasteiger partial charge in [-0.3, -0.25) is 10.1 Å². The van der Waals surface area contributed by atoms with Crippen molar-refractivity contribution in [2.45, 2.75) is 18.6 Å². The van der Waals surface area contributed by atoms with E-state index in [1.54, 1.807) is 12.1 Å². The summed E-state index contributed by atoms with van der Waals surface area (Å²) >= 11 is 0. The van der Waals surface area contributed by atoms with E-state index >= 15 is 0 Å². The van der Waals surface area contributed by atoms with Crippen molar-refractivity contribution in [2.24, 2.45) is 0 Å². The predicted octanol–water partition coefficient (Wildman–Crippen LogP) is 1.05. The first kappa shape index (κ1) is 11.6. The van der Waals surface area contributed by atoms with Crippen LogP contribution in [0.5, 0.6) is 0 Å². The van der Waals surface area contributed by atoms with Gasteiger partial charge < -0.3 is 9.64 Å². The molecule has 5 heteroatoms. The van der Waals surface area contributed by atoms with Crippen LogP contribution in [-0.2, 0) is 9.53 Å². The van der Waals surface area contributed by atoms with Crippen molar-refractivity contribution >= 4 is 5.91 Å². The van der Waals surface area contributed by atoms with E-state index in [2.05, 4.69) is 5.32 Å². The van der Waals surface area contributed by atoms with E-state index < -0.39 is 0 Å². The highest BCUT2D eigenvalue weighted by Gasteiger charge is 2.38. The minimum Gasteiger partial charge on any atom is -0.379 e. The van der Waals surface area contributed by atoms with Crippen LogP contribution in [0.3, 0.4) is 0 Å². The third-order valence-electron chi connectivity index (χ3n) is 3.50. The maximum atomic E-state index is 12.9. The molecule has 0 aromatic heterocycles. The summed E-state index contributed by atoms with van der Waals surface area (Å²) in [7, 11) is 0. The molecule has 0 spiro atoms. The lowest BCUT2D eigenvalue weighted by Crippen LogP contribution is -2.40. The Balaban J connectivity index is 1.85. The molecule has 96 valence electrons. The fourth-order valence-electron chi connectivity index (χ4n) is 2.60. The number of nitrogens with one attached hydrogen (secondary N) is 1. The van der Waals surface area contributed by atoms with Crippen molar-refractivity contribution in [1.29, 1.82) is 0 Å². The van der Waals surface area contributed by atoms with Crippen LogP contribution in [-0.4, -0.2) is 36.6 Å². The van der Waals surface area contributed by atoms with Crippen molar-refractivity contribution in [1.82, 2.24) is 10.2 Å². The normalized spacial score (nSPS) is 28.1. The summed E-state index contributed by atoms with van der Waals surface area (Å²) in [4.78, 5) is 13.8. The maximum absolute atomic E-state index is 12.9. The van der Waals surface area contributed by atoms with Crippen LogP contribution >= 0.6 is 0 Å². The zero-order valence-electron chi connectivity index (χ0n) is 9.93. The van der Waals surface area contributed by atoms with Crippen molar-refractivity contribution < 1.29 is 13.9 Å². The molecule has 2 heterocycles. The average Bonchev–Trinajstić information content (AvgIpc) is 2.99. The summed E-state index contributed by atoms with van der Waals surface area (Å²) in [6, 6.07) is 6.40. The van der Waals surface area contributed by atoms with E-state index in [0.717, 1.165) is 12.0 Å². The lowest BCUT2D eigenvalue weighted by Gasteiger charge is -2.29. The Hall–Kier alpha value is -1.46. The number of amides is 1. The third kappa shape index (κ3) is 2.00. The molecule has 18 heavy (non-hydrogen) atoms. The number of ether oxygens (including phenoxy) is 1. The van der Waals surface area contributed by atoms with Crippen molar-refractivity contribution in [3.05, 3.63) is 35.6 Å². The van der Waals surface area contributed by atoms with Gasteiger partial charge in [0.25, 0.3) is 0 Å². The van der Waals surface area contributed by atoms with Crippen molar-refractivity contribution in [3.8, 4) is 0 Å². The standard InChI is InChI=1S/C13H15FN2O2/c14-10-3-1-9(2-4-10)13-15-7-12(17)16(13)11-5-6-18-8-11/h1-4,11,13,15H,5-8H2. The van der Waals surface area contributed by atoms with Gasteiger partial charge in [0.2, 0.25) is 5.91 Å². The highest BCUT2D eigenvalue weighted by atomic mass is 19.1. The van der Waals surface area contributed by atoms with E-state index in [1.165, 1.54) is 12.1 Å². The maximum Gasteiger partial charge on any atom is 0.238 e. The second-order valence-electron chi connectivity index (χ2n) is 4.65.